The Morgan fingerprint density at radius 1 is 1.24 bits per heavy atom. The van der Waals surface area contributed by atoms with Gasteiger partial charge in [0.1, 0.15) is 15.6 Å². The zero-order chi connectivity index (χ0) is 15.3. The van der Waals surface area contributed by atoms with Gasteiger partial charge in [-0.3, -0.25) is 0 Å². The number of piperidine rings is 1. The Hall–Kier alpha value is -1.27. The molecule has 1 aromatic rings. The molecule has 0 aromatic heterocycles. The van der Waals surface area contributed by atoms with E-state index in [2.05, 4.69) is 22.3 Å². The summed E-state index contributed by atoms with van der Waals surface area (Å²) in [6, 6.07) is 8.53. The van der Waals surface area contributed by atoms with Crippen molar-refractivity contribution in [3.63, 3.8) is 0 Å². The van der Waals surface area contributed by atoms with E-state index in [1.54, 1.807) is 7.11 Å². The van der Waals surface area contributed by atoms with Gasteiger partial charge in [-0.2, -0.15) is 0 Å². The molecule has 2 rings (SSSR count). The van der Waals surface area contributed by atoms with Gasteiger partial charge in [-0.25, -0.2) is 8.42 Å². The summed E-state index contributed by atoms with van der Waals surface area (Å²) in [6.07, 6.45) is 3.35. The SMILES string of the molecule is COc1ccc(N2CCC(NCCS(C)(=O)=O)CC2)cc1. The predicted octanol–water partition coefficient (Wildman–Crippen LogP) is 1.30. The maximum Gasteiger partial charge on any atom is 0.148 e. The molecule has 1 heterocycles. The highest BCUT2D eigenvalue weighted by Gasteiger charge is 2.19. The molecule has 0 unspecified atom stereocenters. The van der Waals surface area contributed by atoms with Crippen LogP contribution in [0.15, 0.2) is 24.3 Å². The van der Waals surface area contributed by atoms with Crippen molar-refractivity contribution in [1.29, 1.82) is 0 Å². The summed E-state index contributed by atoms with van der Waals surface area (Å²) in [4.78, 5) is 2.36. The second-order valence-corrected chi connectivity index (χ2v) is 7.80. The van der Waals surface area contributed by atoms with E-state index in [4.69, 9.17) is 4.74 Å². The quantitative estimate of drug-likeness (QED) is 0.858. The van der Waals surface area contributed by atoms with E-state index in [1.165, 1.54) is 11.9 Å². The smallest absolute Gasteiger partial charge is 0.148 e. The first kappa shape index (κ1) is 16.1. The molecule has 118 valence electrons. The molecule has 1 aromatic carbocycles. The average molecular weight is 312 g/mol. The molecule has 5 nitrogen and oxygen atoms in total. The monoisotopic (exact) mass is 312 g/mol. The lowest BCUT2D eigenvalue weighted by Crippen LogP contribution is -2.43. The minimum atomic E-state index is -2.87. The zero-order valence-electron chi connectivity index (χ0n) is 12.7. The normalized spacial score (nSPS) is 17.0. The van der Waals surface area contributed by atoms with Crippen LogP contribution in [0.1, 0.15) is 12.8 Å². The number of methoxy groups -OCH3 is 1. The number of benzene rings is 1. The molecule has 0 atom stereocenters. The number of nitrogens with zero attached hydrogens (tertiary/aromatic N) is 1. The molecule has 0 spiro atoms. The molecule has 1 N–H and O–H groups in total. The van der Waals surface area contributed by atoms with Crippen LogP contribution in [0.4, 0.5) is 5.69 Å². The van der Waals surface area contributed by atoms with E-state index >= 15 is 0 Å². The highest BCUT2D eigenvalue weighted by Crippen LogP contribution is 2.22. The molecule has 6 heteroatoms. The second-order valence-electron chi connectivity index (χ2n) is 5.54. The lowest BCUT2D eigenvalue weighted by atomic mass is 10.0. The van der Waals surface area contributed by atoms with Gasteiger partial charge in [-0.15, -0.1) is 0 Å². The summed E-state index contributed by atoms with van der Waals surface area (Å²) in [7, 11) is -1.20. The van der Waals surface area contributed by atoms with Crippen LogP contribution < -0.4 is 15.0 Å². The zero-order valence-corrected chi connectivity index (χ0v) is 13.5. The average Bonchev–Trinajstić information content (AvgIpc) is 2.47. The van der Waals surface area contributed by atoms with Crippen molar-refractivity contribution in [1.82, 2.24) is 5.32 Å². The van der Waals surface area contributed by atoms with Crippen molar-refractivity contribution in [2.45, 2.75) is 18.9 Å². The van der Waals surface area contributed by atoms with Crippen LogP contribution in [0.5, 0.6) is 5.75 Å². The van der Waals surface area contributed by atoms with Crippen molar-refractivity contribution >= 4 is 15.5 Å². The number of ether oxygens (including phenoxy) is 1. The van der Waals surface area contributed by atoms with E-state index in [0.29, 0.717) is 12.6 Å². The van der Waals surface area contributed by atoms with E-state index < -0.39 is 9.84 Å². The van der Waals surface area contributed by atoms with Gasteiger partial charge in [-0.1, -0.05) is 0 Å². The Morgan fingerprint density at radius 2 is 1.86 bits per heavy atom. The Balaban J connectivity index is 1.77. The molecular weight excluding hydrogens is 288 g/mol. The first-order valence-corrected chi connectivity index (χ1v) is 9.34. The van der Waals surface area contributed by atoms with Crippen LogP contribution in [0, 0.1) is 0 Å². The highest BCUT2D eigenvalue weighted by atomic mass is 32.2. The first-order valence-electron chi connectivity index (χ1n) is 7.28. The van der Waals surface area contributed by atoms with E-state index in [1.807, 2.05) is 12.1 Å². The molecule has 0 amide bonds. The van der Waals surface area contributed by atoms with Crippen LogP contribution in [0.3, 0.4) is 0 Å². The van der Waals surface area contributed by atoms with Crippen molar-refractivity contribution in [3.8, 4) is 5.75 Å². The third-order valence-electron chi connectivity index (χ3n) is 3.84. The standard InChI is InChI=1S/C15H24N2O3S/c1-20-15-5-3-14(4-6-15)17-10-7-13(8-11-17)16-9-12-21(2,18)19/h3-6,13,16H,7-12H2,1-2H3. The Morgan fingerprint density at radius 3 is 2.38 bits per heavy atom. The molecule has 0 radical (unpaired) electrons. The summed E-state index contributed by atoms with van der Waals surface area (Å²) in [5, 5.41) is 3.34. The first-order chi connectivity index (χ1) is 9.98. The van der Waals surface area contributed by atoms with Crippen molar-refractivity contribution in [2.24, 2.45) is 0 Å². The van der Waals surface area contributed by atoms with Gasteiger partial charge >= 0.3 is 0 Å². The fourth-order valence-corrected chi connectivity index (χ4v) is 3.07. The van der Waals surface area contributed by atoms with Gasteiger partial charge in [0, 0.05) is 37.6 Å². The number of hydrogen-bond acceptors (Lipinski definition) is 5. The van der Waals surface area contributed by atoms with Crippen LogP contribution in [0.2, 0.25) is 0 Å². The van der Waals surface area contributed by atoms with Gasteiger partial charge in [0.25, 0.3) is 0 Å². The van der Waals surface area contributed by atoms with E-state index in [0.717, 1.165) is 31.7 Å². The summed E-state index contributed by atoms with van der Waals surface area (Å²) in [6.45, 7) is 2.53. The lowest BCUT2D eigenvalue weighted by molar-refractivity contribution is 0.413. The van der Waals surface area contributed by atoms with Crippen molar-refractivity contribution in [3.05, 3.63) is 24.3 Å². The van der Waals surface area contributed by atoms with Gasteiger partial charge in [-0.05, 0) is 37.1 Å². The fraction of sp³-hybridized carbons (Fsp3) is 0.600. The molecule has 0 bridgehead atoms. The Bertz CT molecular complexity index is 535. The predicted molar refractivity (Wildman–Crippen MR) is 85.9 cm³/mol. The number of rotatable bonds is 6. The van der Waals surface area contributed by atoms with Crippen LogP contribution >= 0.6 is 0 Å². The van der Waals surface area contributed by atoms with Crippen LogP contribution in [-0.4, -0.2) is 53.2 Å². The molecular formula is C15H24N2O3S. The largest absolute Gasteiger partial charge is 0.497 e. The number of sulfone groups is 1. The molecule has 0 aliphatic carbocycles. The minimum Gasteiger partial charge on any atom is -0.497 e. The fourth-order valence-electron chi connectivity index (χ4n) is 2.58. The van der Waals surface area contributed by atoms with Gasteiger partial charge in [0.05, 0.1) is 12.9 Å². The molecule has 1 aliphatic heterocycles. The minimum absolute atomic E-state index is 0.214. The molecule has 21 heavy (non-hydrogen) atoms. The Kier molecular flexibility index (Phi) is 5.47. The number of nitrogens with one attached hydrogen (secondary N) is 1. The molecule has 1 saturated heterocycles. The number of anilines is 1. The maximum absolute atomic E-state index is 11.1. The molecule has 1 aliphatic rings. The van der Waals surface area contributed by atoms with Crippen molar-refractivity contribution in [2.75, 3.05) is 43.7 Å². The van der Waals surface area contributed by atoms with Gasteiger partial charge in [0.2, 0.25) is 0 Å². The highest BCUT2D eigenvalue weighted by molar-refractivity contribution is 7.90. The second kappa shape index (κ2) is 7.13. The Labute approximate surface area is 127 Å². The third kappa shape index (κ3) is 5.21. The topological polar surface area (TPSA) is 58.6 Å². The summed E-state index contributed by atoms with van der Waals surface area (Å²) >= 11 is 0. The maximum atomic E-state index is 11.1. The van der Waals surface area contributed by atoms with E-state index in [9.17, 15) is 8.42 Å². The van der Waals surface area contributed by atoms with E-state index in [-0.39, 0.29) is 5.75 Å². The molecule has 0 saturated carbocycles. The van der Waals surface area contributed by atoms with Crippen molar-refractivity contribution < 1.29 is 13.2 Å². The summed E-state index contributed by atoms with van der Waals surface area (Å²) < 4.78 is 27.4. The third-order valence-corrected chi connectivity index (χ3v) is 4.78. The molecule has 1 fully saturated rings. The van der Waals surface area contributed by atoms with Crippen LogP contribution in [0.25, 0.3) is 0 Å². The van der Waals surface area contributed by atoms with Crippen LogP contribution in [-0.2, 0) is 9.84 Å². The summed E-state index contributed by atoms with van der Waals surface area (Å²) in [5.41, 5.74) is 1.21. The number of hydrogen-bond donors (Lipinski definition) is 1. The lowest BCUT2D eigenvalue weighted by Gasteiger charge is -2.34. The van der Waals surface area contributed by atoms with Gasteiger partial charge in [0.15, 0.2) is 0 Å². The van der Waals surface area contributed by atoms with Gasteiger partial charge < -0.3 is 15.0 Å². The summed E-state index contributed by atoms with van der Waals surface area (Å²) in [5.74, 6) is 1.09.